The van der Waals surface area contributed by atoms with E-state index in [4.69, 9.17) is 5.73 Å². The predicted molar refractivity (Wildman–Crippen MR) is 75.1 cm³/mol. The Morgan fingerprint density at radius 3 is 2.42 bits per heavy atom. The van der Waals surface area contributed by atoms with Crippen LogP contribution in [0.4, 0.5) is 0 Å². The molecule has 0 radical (unpaired) electrons. The summed E-state index contributed by atoms with van der Waals surface area (Å²) in [6.07, 6.45) is 3.16. The van der Waals surface area contributed by atoms with E-state index < -0.39 is 0 Å². The summed E-state index contributed by atoms with van der Waals surface area (Å²) in [6.45, 7) is 3.37. The second-order valence-corrected chi connectivity index (χ2v) is 5.78. The molecule has 1 saturated heterocycles. The number of hydrogen-bond donors (Lipinski definition) is 2. The highest BCUT2D eigenvalue weighted by molar-refractivity contribution is 5.94. The van der Waals surface area contributed by atoms with E-state index in [1.165, 1.54) is 5.56 Å². The third kappa shape index (κ3) is 2.96. The molecule has 1 aliphatic heterocycles. The molecule has 1 aromatic rings. The molecule has 1 aliphatic carbocycles. The van der Waals surface area contributed by atoms with Crippen molar-refractivity contribution in [3.8, 4) is 0 Å². The van der Waals surface area contributed by atoms with E-state index in [2.05, 4.69) is 5.32 Å². The molecule has 1 amide bonds. The standard InChI is InChI=1S/C15H21N3O/c16-15(5-6-15)11-12-1-3-13(4-2-12)14(19)18-9-7-17-8-10-18/h1-4,17H,5-11,16H2. The Kier molecular flexibility index (Phi) is 3.29. The first-order chi connectivity index (χ1) is 9.16. The Balaban J connectivity index is 1.65. The topological polar surface area (TPSA) is 58.4 Å². The third-order valence-corrected chi connectivity index (χ3v) is 4.05. The number of hydrogen-bond acceptors (Lipinski definition) is 3. The quantitative estimate of drug-likeness (QED) is 0.843. The molecule has 0 spiro atoms. The first kappa shape index (κ1) is 12.6. The van der Waals surface area contributed by atoms with Gasteiger partial charge in [0.05, 0.1) is 0 Å². The Bertz CT molecular complexity index is 459. The normalized spacial score (nSPS) is 21.2. The van der Waals surface area contributed by atoms with E-state index in [1.807, 2.05) is 29.2 Å². The average Bonchev–Trinajstić information content (AvgIpc) is 3.17. The Morgan fingerprint density at radius 1 is 1.21 bits per heavy atom. The van der Waals surface area contributed by atoms with Crippen LogP contribution in [0.2, 0.25) is 0 Å². The smallest absolute Gasteiger partial charge is 0.253 e. The molecular formula is C15H21N3O. The highest BCUT2D eigenvalue weighted by Crippen LogP contribution is 2.35. The van der Waals surface area contributed by atoms with E-state index in [0.717, 1.165) is 51.0 Å². The lowest BCUT2D eigenvalue weighted by Crippen LogP contribution is -2.46. The van der Waals surface area contributed by atoms with Gasteiger partial charge >= 0.3 is 0 Å². The highest BCUT2D eigenvalue weighted by atomic mass is 16.2. The van der Waals surface area contributed by atoms with Gasteiger partial charge in [-0.1, -0.05) is 12.1 Å². The minimum Gasteiger partial charge on any atom is -0.336 e. The Hall–Kier alpha value is -1.39. The van der Waals surface area contributed by atoms with Gasteiger partial charge in [-0.2, -0.15) is 0 Å². The summed E-state index contributed by atoms with van der Waals surface area (Å²) >= 11 is 0. The second-order valence-electron chi connectivity index (χ2n) is 5.78. The van der Waals surface area contributed by atoms with Gasteiger partial charge in [0, 0.05) is 37.3 Å². The molecule has 2 aliphatic rings. The number of nitrogens with two attached hydrogens (primary N) is 1. The van der Waals surface area contributed by atoms with Crippen LogP contribution in [0.1, 0.15) is 28.8 Å². The van der Waals surface area contributed by atoms with Crippen LogP contribution in [0, 0.1) is 0 Å². The lowest BCUT2D eigenvalue weighted by Gasteiger charge is -2.27. The van der Waals surface area contributed by atoms with Gasteiger partial charge in [0.25, 0.3) is 5.91 Å². The summed E-state index contributed by atoms with van der Waals surface area (Å²) in [5.41, 5.74) is 8.16. The zero-order chi connectivity index (χ0) is 13.3. The fraction of sp³-hybridized carbons (Fsp3) is 0.533. The van der Waals surface area contributed by atoms with Crippen molar-refractivity contribution in [2.75, 3.05) is 26.2 Å². The largest absolute Gasteiger partial charge is 0.336 e. The van der Waals surface area contributed by atoms with Crippen molar-refractivity contribution in [1.82, 2.24) is 10.2 Å². The molecule has 4 heteroatoms. The molecule has 4 nitrogen and oxygen atoms in total. The summed E-state index contributed by atoms with van der Waals surface area (Å²) in [6, 6.07) is 7.96. The summed E-state index contributed by atoms with van der Waals surface area (Å²) in [7, 11) is 0. The van der Waals surface area contributed by atoms with Crippen molar-refractivity contribution >= 4 is 5.91 Å². The van der Waals surface area contributed by atoms with Gasteiger partial charge in [0.15, 0.2) is 0 Å². The number of nitrogens with zero attached hydrogens (tertiary/aromatic N) is 1. The maximum Gasteiger partial charge on any atom is 0.253 e. The van der Waals surface area contributed by atoms with Crippen LogP contribution in [0.3, 0.4) is 0 Å². The Morgan fingerprint density at radius 2 is 1.84 bits per heavy atom. The van der Waals surface area contributed by atoms with Crippen molar-refractivity contribution < 1.29 is 4.79 Å². The summed E-state index contributed by atoms with van der Waals surface area (Å²) in [5, 5.41) is 3.26. The van der Waals surface area contributed by atoms with Gasteiger partial charge in [-0.05, 0) is 37.0 Å². The number of rotatable bonds is 3. The van der Waals surface area contributed by atoms with Gasteiger partial charge in [-0.3, -0.25) is 4.79 Å². The molecule has 0 bridgehead atoms. The number of amides is 1. The second kappa shape index (κ2) is 4.94. The molecule has 3 N–H and O–H groups in total. The van der Waals surface area contributed by atoms with Gasteiger partial charge in [0.1, 0.15) is 0 Å². The van der Waals surface area contributed by atoms with Crippen LogP contribution in [0.15, 0.2) is 24.3 Å². The molecule has 102 valence electrons. The molecule has 0 unspecified atom stereocenters. The lowest BCUT2D eigenvalue weighted by molar-refractivity contribution is 0.0736. The van der Waals surface area contributed by atoms with E-state index in [1.54, 1.807) is 0 Å². The van der Waals surface area contributed by atoms with E-state index >= 15 is 0 Å². The zero-order valence-corrected chi connectivity index (χ0v) is 11.2. The maximum absolute atomic E-state index is 12.3. The number of piperazine rings is 1. The van der Waals surface area contributed by atoms with Crippen LogP contribution in [-0.4, -0.2) is 42.5 Å². The lowest BCUT2D eigenvalue weighted by atomic mass is 10.0. The number of nitrogens with one attached hydrogen (secondary N) is 1. The first-order valence-electron chi connectivity index (χ1n) is 7.04. The third-order valence-electron chi connectivity index (χ3n) is 4.05. The minimum absolute atomic E-state index is 0.0318. The van der Waals surface area contributed by atoms with Gasteiger partial charge < -0.3 is 16.0 Å². The SMILES string of the molecule is NC1(Cc2ccc(C(=O)N3CCNCC3)cc2)CC1. The van der Waals surface area contributed by atoms with Gasteiger partial charge in [-0.15, -0.1) is 0 Å². The molecule has 2 fully saturated rings. The Labute approximate surface area is 114 Å². The average molecular weight is 259 g/mol. The fourth-order valence-corrected chi connectivity index (χ4v) is 2.56. The van der Waals surface area contributed by atoms with E-state index in [9.17, 15) is 4.79 Å². The van der Waals surface area contributed by atoms with Crippen LogP contribution in [0.5, 0.6) is 0 Å². The van der Waals surface area contributed by atoms with Crippen molar-refractivity contribution in [3.63, 3.8) is 0 Å². The zero-order valence-electron chi connectivity index (χ0n) is 11.2. The molecular weight excluding hydrogens is 238 g/mol. The number of carbonyl (C=O) groups is 1. The predicted octanol–water partition coefficient (Wildman–Crippen LogP) is 0.766. The van der Waals surface area contributed by atoms with Crippen molar-refractivity contribution in [3.05, 3.63) is 35.4 Å². The molecule has 0 atom stereocenters. The van der Waals surface area contributed by atoms with Crippen molar-refractivity contribution in [1.29, 1.82) is 0 Å². The van der Waals surface area contributed by atoms with E-state index in [-0.39, 0.29) is 11.4 Å². The van der Waals surface area contributed by atoms with E-state index in [0.29, 0.717) is 0 Å². The van der Waals surface area contributed by atoms with Crippen LogP contribution in [-0.2, 0) is 6.42 Å². The van der Waals surface area contributed by atoms with Crippen LogP contribution < -0.4 is 11.1 Å². The molecule has 0 aromatic heterocycles. The summed E-state index contributed by atoms with van der Waals surface area (Å²) < 4.78 is 0. The fourth-order valence-electron chi connectivity index (χ4n) is 2.56. The number of carbonyl (C=O) groups excluding carboxylic acids is 1. The number of benzene rings is 1. The highest BCUT2D eigenvalue weighted by Gasteiger charge is 2.37. The first-order valence-corrected chi connectivity index (χ1v) is 7.04. The minimum atomic E-state index is 0.0318. The molecule has 1 aromatic carbocycles. The molecule has 1 saturated carbocycles. The van der Waals surface area contributed by atoms with Crippen LogP contribution >= 0.6 is 0 Å². The summed E-state index contributed by atoms with van der Waals surface area (Å²) in [5.74, 6) is 0.141. The van der Waals surface area contributed by atoms with Gasteiger partial charge in [0.2, 0.25) is 0 Å². The monoisotopic (exact) mass is 259 g/mol. The maximum atomic E-state index is 12.3. The molecule has 3 rings (SSSR count). The van der Waals surface area contributed by atoms with Gasteiger partial charge in [-0.25, -0.2) is 0 Å². The van der Waals surface area contributed by atoms with Crippen LogP contribution in [0.25, 0.3) is 0 Å². The molecule has 19 heavy (non-hydrogen) atoms. The summed E-state index contributed by atoms with van der Waals surface area (Å²) in [4.78, 5) is 14.2. The van der Waals surface area contributed by atoms with Crippen molar-refractivity contribution in [2.45, 2.75) is 24.8 Å². The molecule has 1 heterocycles. The van der Waals surface area contributed by atoms with Crippen molar-refractivity contribution in [2.24, 2.45) is 5.73 Å².